The zero-order chi connectivity index (χ0) is 17.8. The maximum Gasteiger partial charge on any atom is 0.313 e. The van der Waals surface area contributed by atoms with Crippen LogP contribution in [0.1, 0.15) is 63.9 Å². The molecule has 0 aromatic heterocycles. The van der Waals surface area contributed by atoms with Gasteiger partial charge in [-0.15, -0.1) is 0 Å². The van der Waals surface area contributed by atoms with Crippen LogP contribution in [0.2, 0.25) is 5.02 Å². The predicted molar refractivity (Wildman–Crippen MR) is 100 cm³/mol. The van der Waals surface area contributed by atoms with Crippen LogP contribution in [0.4, 0.5) is 5.69 Å². The summed E-state index contributed by atoms with van der Waals surface area (Å²) in [7, 11) is 0. The van der Waals surface area contributed by atoms with E-state index in [9.17, 15) is 9.59 Å². The average Bonchev–Trinajstić information content (AvgIpc) is 2.57. The molecule has 24 heavy (non-hydrogen) atoms. The third kappa shape index (κ3) is 7.82. The van der Waals surface area contributed by atoms with Crippen molar-refractivity contribution in [2.75, 3.05) is 11.9 Å². The van der Waals surface area contributed by atoms with Gasteiger partial charge in [-0.25, -0.2) is 0 Å². The highest BCUT2D eigenvalue weighted by Crippen LogP contribution is 2.22. The van der Waals surface area contributed by atoms with E-state index >= 15 is 0 Å². The third-order valence-corrected chi connectivity index (χ3v) is 4.45. The van der Waals surface area contributed by atoms with E-state index in [0.29, 0.717) is 17.3 Å². The smallest absolute Gasteiger partial charge is 0.313 e. The van der Waals surface area contributed by atoms with E-state index in [0.717, 1.165) is 18.4 Å². The van der Waals surface area contributed by atoms with Crippen LogP contribution in [0, 0.1) is 6.92 Å². The number of nitrogens with one attached hydrogen (secondary N) is 2. The van der Waals surface area contributed by atoms with Crippen LogP contribution in [-0.4, -0.2) is 18.4 Å². The molecule has 0 spiro atoms. The van der Waals surface area contributed by atoms with E-state index in [2.05, 4.69) is 17.6 Å². The second kappa shape index (κ2) is 11.9. The Hall–Kier alpha value is -1.55. The Kier molecular flexibility index (Phi) is 10.2. The number of anilines is 1. The Morgan fingerprint density at radius 1 is 0.958 bits per heavy atom. The number of amides is 2. The number of carbonyl (C=O) groups is 2. The van der Waals surface area contributed by atoms with E-state index in [-0.39, 0.29) is 0 Å². The van der Waals surface area contributed by atoms with Crippen LogP contribution in [-0.2, 0) is 9.59 Å². The SMILES string of the molecule is CCCCCCCCCCNC(=O)C(=O)Nc1cccc(Cl)c1C. The number of unbranched alkanes of at least 4 members (excludes halogenated alkanes) is 7. The average molecular weight is 353 g/mol. The van der Waals surface area contributed by atoms with Gasteiger partial charge in [0.2, 0.25) is 0 Å². The lowest BCUT2D eigenvalue weighted by Crippen LogP contribution is -2.36. The Morgan fingerprint density at radius 3 is 2.25 bits per heavy atom. The summed E-state index contributed by atoms with van der Waals surface area (Å²) in [5, 5.41) is 5.82. The van der Waals surface area contributed by atoms with Crippen molar-refractivity contribution >= 4 is 29.1 Å². The molecule has 1 rings (SSSR count). The molecule has 2 amide bonds. The molecular formula is C19H29ClN2O2. The van der Waals surface area contributed by atoms with Gasteiger partial charge in [0.1, 0.15) is 0 Å². The standard InChI is InChI=1S/C19H29ClN2O2/c1-3-4-5-6-7-8-9-10-14-21-18(23)19(24)22-17-13-11-12-16(20)15(17)2/h11-13H,3-10,14H2,1-2H3,(H,21,23)(H,22,24). The van der Waals surface area contributed by atoms with Crippen molar-refractivity contribution in [1.29, 1.82) is 0 Å². The van der Waals surface area contributed by atoms with Crippen LogP contribution in [0.15, 0.2) is 18.2 Å². The number of hydrogen-bond acceptors (Lipinski definition) is 2. The molecule has 0 saturated carbocycles. The Bertz CT molecular complexity index is 532. The zero-order valence-corrected chi connectivity index (χ0v) is 15.5. The Labute approximate surface area is 150 Å². The van der Waals surface area contributed by atoms with Gasteiger partial charge < -0.3 is 10.6 Å². The second-order valence-electron chi connectivity index (χ2n) is 6.10. The van der Waals surface area contributed by atoms with Crippen molar-refractivity contribution in [2.24, 2.45) is 0 Å². The molecule has 0 bridgehead atoms. The maximum atomic E-state index is 11.9. The second-order valence-corrected chi connectivity index (χ2v) is 6.50. The quantitative estimate of drug-likeness (QED) is 0.467. The third-order valence-electron chi connectivity index (χ3n) is 4.04. The fourth-order valence-corrected chi connectivity index (χ4v) is 2.64. The van der Waals surface area contributed by atoms with Gasteiger partial charge in [0, 0.05) is 17.3 Å². The van der Waals surface area contributed by atoms with Crippen LogP contribution in [0.25, 0.3) is 0 Å². The molecule has 0 heterocycles. The molecule has 0 fully saturated rings. The number of carbonyl (C=O) groups excluding carboxylic acids is 2. The number of benzene rings is 1. The molecule has 0 aliphatic heterocycles. The summed E-state index contributed by atoms with van der Waals surface area (Å²) >= 11 is 6.00. The van der Waals surface area contributed by atoms with E-state index in [4.69, 9.17) is 11.6 Å². The minimum Gasteiger partial charge on any atom is -0.348 e. The Balaban J connectivity index is 2.16. The highest BCUT2D eigenvalue weighted by atomic mass is 35.5. The van der Waals surface area contributed by atoms with Gasteiger partial charge in [0.05, 0.1) is 0 Å². The first-order chi connectivity index (χ1) is 11.6. The fourth-order valence-electron chi connectivity index (χ4n) is 2.46. The molecule has 4 nitrogen and oxygen atoms in total. The molecule has 0 aliphatic carbocycles. The molecule has 5 heteroatoms. The lowest BCUT2D eigenvalue weighted by molar-refractivity contribution is -0.136. The molecule has 1 aromatic carbocycles. The minimum absolute atomic E-state index is 0.537. The van der Waals surface area contributed by atoms with E-state index < -0.39 is 11.8 Å². The van der Waals surface area contributed by atoms with Crippen molar-refractivity contribution < 1.29 is 9.59 Å². The molecule has 0 atom stereocenters. The van der Waals surface area contributed by atoms with E-state index in [1.807, 2.05) is 0 Å². The largest absolute Gasteiger partial charge is 0.348 e. The molecule has 0 radical (unpaired) electrons. The molecule has 0 aliphatic rings. The first-order valence-electron chi connectivity index (χ1n) is 8.90. The molecule has 134 valence electrons. The van der Waals surface area contributed by atoms with Crippen molar-refractivity contribution in [3.05, 3.63) is 28.8 Å². The van der Waals surface area contributed by atoms with Gasteiger partial charge in [0.15, 0.2) is 0 Å². The topological polar surface area (TPSA) is 58.2 Å². The lowest BCUT2D eigenvalue weighted by atomic mass is 10.1. The summed E-state index contributed by atoms with van der Waals surface area (Å²) in [5.41, 5.74) is 1.32. The van der Waals surface area contributed by atoms with Crippen molar-refractivity contribution in [1.82, 2.24) is 5.32 Å². The van der Waals surface area contributed by atoms with Gasteiger partial charge in [-0.1, -0.05) is 69.5 Å². The fraction of sp³-hybridized carbons (Fsp3) is 0.579. The molecule has 1 aromatic rings. The van der Waals surface area contributed by atoms with Gasteiger partial charge in [-0.3, -0.25) is 9.59 Å². The predicted octanol–water partition coefficient (Wildman–Crippen LogP) is 4.84. The van der Waals surface area contributed by atoms with E-state index in [1.165, 1.54) is 38.5 Å². The first kappa shape index (κ1) is 20.5. The summed E-state index contributed by atoms with van der Waals surface area (Å²) in [6.07, 6.45) is 9.62. The minimum atomic E-state index is -0.653. The highest BCUT2D eigenvalue weighted by molar-refractivity contribution is 6.40. The normalized spacial score (nSPS) is 10.5. The summed E-state index contributed by atoms with van der Waals surface area (Å²) in [5.74, 6) is -1.25. The van der Waals surface area contributed by atoms with Gasteiger partial charge in [0.25, 0.3) is 0 Å². The zero-order valence-electron chi connectivity index (χ0n) is 14.8. The maximum absolute atomic E-state index is 11.9. The lowest BCUT2D eigenvalue weighted by Gasteiger charge is -2.09. The van der Waals surface area contributed by atoms with Crippen molar-refractivity contribution in [2.45, 2.75) is 65.2 Å². The molecule has 0 saturated heterocycles. The van der Waals surface area contributed by atoms with E-state index in [1.54, 1.807) is 25.1 Å². The highest BCUT2D eigenvalue weighted by Gasteiger charge is 2.14. The molecule has 0 unspecified atom stereocenters. The van der Waals surface area contributed by atoms with Crippen molar-refractivity contribution in [3.8, 4) is 0 Å². The monoisotopic (exact) mass is 352 g/mol. The Morgan fingerprint density at radius 2 is 1.58 bits per heavy atom. The summed E-state index contributed by atoms with van der Waals surface area (Å²) in [4.78, 5) is 23.7. The van der Waals surface area contributed by atoms with Crippen LogP contribution in [0.5, 0.6) is 0 Å². The summed E-state index contributed by atoms with van der Waals surface area (Å²) in [6, 6.07) is 5.21. The summed E-state index contributed by atoms with van der Waals surface area (Å²) in [6.45, 7) is 4.55. The number of hydrogen-bond donors (Lipinski definition) is 2. The van der Waals surface area contributed by atoms with Crippen LogP contribution < -0.4 is 10.6 Å². The molecular weight excluding hydrogens is 324 g/mol. The van der Waals surface area contributed by atoms with Crippen LogP contribution >= 0.6 is 11.6 Å². The number of rotatable bonds is 10. The van der Waals surface area contributed by atoms with Gasteiger partial charge >= 0.3 is 11.8 Å². The van der Waals surface area contributed by atoms with Crippen molar-refractivity contribution in [3.63, 3.8) is 0 Å². The number of halogens is 1. The first-order valence-corrected chi connectivity index (χ1v) is 9.28. The summed E-state index contributed by atoms with van der Waals surface area (Å²) < 4.78 is 0. The molecule has 2 N–H and O–H groups in total. The van der Waals surface area contributed by atoms with Crippen LogP contribution in [0.3, 0.4) is 0 Å². The van der Waals surface area contributed by atoms with Gasteiger partial charge in [-0.2, -0.15) is 0 Å². The van der Waals surface area contributed by atoms with Gasteiger partial charge in [-0.05, 0) is 31.0 Å².